The van der Waals surface area contributed by atoms with Gasteiger partial charge >= 0.3 is 0 Å². The van der Waals surface area contributed by atoms with Gasteiger partial charge in [-0.25, -0.2) is 9.97 Å². The summed E-state index contributed by atoms with van der Waals surface area (Å²) in [6.45, 7) is 5.06. The number of hydrogen-bond acceptors (Lipinski definition) is 3. The molecular weight excluding hydrogens is 302 g/mol. The summed E-state index contributed by atoms with van der Waals surface area (Å²) in [6.07, 6.45) is 2.01. The SMILES string of the molecule is CCCc1nc(-c2ccccc2)nc(NCC)c1Br. The molecule has 19 heavy (non-hydrogen) atoms. The highest BCUT2D eigenvalue weighted by Gasteiger charge is 2.12. The van der Waals surface area contributed by atoms with Crippen molar-refractivity contribution in [3.63, 3.8) is 0 Å². The van der Waals surface area contributed by atoms with E-state index >= 15 is 0 Å². The van der Waals surface area contributed by atoms with Gasteiger partial charge in [-0.3, -0.25) is 0 Å². The van der Waals surface area contributed by atoms with Crippen LogP contribution in [0.15, 0.2) is 34.8 Å². The summed E-state index contributed by atoms with van der Waals surface area (Å²) in [6, 6.07) is 10.1. The second-order valence-electron chi connectivity index (χ2n) is 4.30. The van der Waals surface area contributed by atoms with Crippen molar-refractivity contribution in [1.29, 1.82) is 0 Å². The maximum Gasteiger partial charge on any atom is 0.161 e. The Bertz CT molecular complexity index is 513. The summed E-state index contributed by atoms with van der Waals surface area (Å²) in [5, 5.41) is 3.29. The van der Waals surface area contributed by atoms with Crippen molar-refractivity contribution >= 4 is 21.7 Å². The average molecular weight is 320 g/mol. The highest BCUT2D eigenvalue weighted by molar-refractivity contribution is 9.10. The van der Waals surface area contributed by atoms with E-state index in [1.54, 1.807) is 0 Å². The number of benzene rings is 1. The van der Waals surface area contributed by atoms with Crippen LogP contribution in [0.1, 0.15) is 26.0 Å². The Labute approximate surface area is 122 Å². The normalized spacial score (nSPS) is 10.5. The largest absolute Gasteiger partial charge is 0.369 e. The van der Waals surface area contributed by atoms with Crippen molar-refractivity contribution in [2.24, 2.45) is 0 Å². The molecule has 0 aliphatic heterocycles. The van der Waals surface area contributed by atoms with Gasteiger partial charge in [-0.05, 0) is 29.3 Å². The molecule has 0 spiro atoms. The van der Waals surface area contributed by atoms with Gasteiger partial charge in [0.25, 0.3) is 0 Å². The van der Waals surface area contributed by atoms with Crippen molar-refractivity contribution in [2.75, 3.05) is 11.9 Å². The zero-order valence-electron chi connectivity index (χ0n) is 11.3. The van der Waals surface area contributed by atoms with Gasteiger partial charge in [-0.15, -0.1) is 0 Å². The predicted octanol–water partition coefficient (Wildman–Crippen LogP) is 4.29. The summed E-state index contributed by atoms with van der Waals surface area (Å²) in [5.41, 5.74) is 2.11. The first-order valence-corrected chi connectivity index (χ1v) is 7.41. The first-order valence-electron chi connectivity index (χ1n) is 6.62. The van der Waals surface area contributed by atoms with Gasteiger partial charge in [-0.1, -0.05) is 43.7 Å². The van der Waals surface area contributed by atoms with E-state index in [1.807, 2.05) is 30.3 Å². The molecule has 0 unspecified atom stereocenters. The molecule has 1 N–H and O–H groups in total. The van der Waals surface area contributed by atoms with E-state index in [2.05, 4.69) is 45.1 Å². The third kappa shape index (κ3) is 3.32. The first kappa shape index (κ1) is 14.0. The van der Waals surface area contributed by atoms with Gasteiger partial charge in [0.15, 0.2) is 5.82 Å². The number of aryl methyl sites for hydroxylation is 1. The van der Waals surface area contributed by atoms with Crippen LogP contribution < -0.4 is 5.32 Å². The first-order chi connectivity index (χ1) is 9.26. The number of rotatable bonds is 5. The molecule has 0 fully saturated rings. The lowest BCUT2D eigenvalue weighted by Gasteiger charge is -2.11. The fraction of sp³-hybridized carbons (Fsp3) is 0.333. The van der Waals surface area contributed by atoms with Crippen LogP contribution in [0, 0.1) is 0 Å². The van der Waals surface area contributed by atoms with Crippen LogP contribution in [-0.2, 0) is 6.42 Å². The molecular formula is C15H18BrN3. The van der Waals surface area contributed by atoms with Gasteiger partial charge in [0.1, 0.15) is 5.82 Å². The van der Waals surface area contributed by atoms with Crippen LogP contribution in [0.3, 0.4) is 0 Å². The summed E-state index contributed by atoms with van der Waals surface area (Å²) in [7, 11) is 0. The molecule has 1 aromatic heterocycles. The van der Waals surface area contributed by atoms with E-state index in [9.17, 15) is 0 Å². The number of hydrogen-bond donors (Lipinski definition) is 1. The van der Waals surface area contributed by atoms with Crippen LogP contribution in [-0.4, -0.2) is 16.5 Å². The maximum absolute atomic E-state index is 4.68. The quantitative estimate of drug-likeness (QED) is 0.893. The third-order valence-electron chi connectivity index (χ3n) is 2.78. The van der Waals surface area contributed by atoms with Gasteiger partial charge in [0.2, 0.25) is 0 Å². The molecule has 0 atom stereocenters. The minimum Gasteiger partial charge on any atom is -0.369 e. The lowest BCUT2D eigenvalue weighted by Crippen LogP contribution is -2.06. The molecule has 0 amide bonds. The Balaban J connectivity index is 2.49. The van der Waals surface area contributed by atoms with Crippen molar-refractivity contribution < 1.29 is 0 Å². The topological polar surface area (TPSA) is 37.8 Å². The lowest BCUT2D eigenvalue weighted by molar-refractivity contribution is 0.867. The van der Waals surface area contributed by atoms with E-state index in [0.717, 1.165) is 46.8 Å². The standard InChI is InChI=1S/C15H18BrN3/c1-3-8-12-13(16)15(17-4-2)19-14(18-12)11-9-6-5-7-10-11/h5-7,9-10H,3-4,8H2,1-2H3,(H,17,18,19). The predicted molar refractivity (Wildman–Crippen MR) is 83.3 cm³/mol. The fourth-order valence-corrected chi connectivity index (χ4v) is 2.41. The smallest absolute Gasteiger partial charge is 0.161 e. The molecule has 0 saturated heterocycles. The minimum absolute atomic E-state index is 0.781. The van der Waals surface area contributed by atoms with E-state index < -0.39 is 0 Å². The molecule has 1 aromatic carbocycles. The Kier molecular flexibility index (Phi) is 4.91. The van der Waals surface area contributed by atoms with Crippen LogP contribution >= 0.6 is 15.9 Å². The third-order valence-corrected chi connectivity index (χ3v) is 3.62. The van der Waals surface area contributed by atoms with Crippen molar-refractivity contribution in [3.8, 4) is 11.4 Å². The molecule has 0 radical (unpaired) electrons. The summed E-state index contributed by atoms with van der Waals surface area (Å²) >= 11 is 3.60. The molecule has 1 heterocycles. The van der Waals surface area contributed by atoms with Gasteiger partial charge in [0.05, 0.1) is 10.2 Å². The minimum atomic E-state index is 0.781. The molecule has 2 aromatic rings. The van der Waals surface area contributed by atoms with Crippen molar-refractivity contribution in [2.45, 2.75) is 26.7 Å². The van der Waals surface area contributed by atoms with E-state index in [-0.39, 0.29) is 0 Å². The Morgan fingerprint density at radius 3 is 2.47 bits per heavy atom. The summed E-state index contributed by atoms with van der Waals surface area (Å²) in [4.78, 5) is 9.28. The number of anilines is 1. The highest BCUT2D eigenvalue weighted by Crippen LogP contribution is 2.27. The number of aromatic nitrogens is 2. The van der Waals surface area contributed by atoms with Crippen molar-refractivity contribution in [3.05, 3.63) is 40.5 Å². The number of nitrogens with zero attached hydrogens (tertiary/aromatic N) is 2. The van der Waals surface area contributed by atoms with Gasteiger partial charge < -0.3 is 5.32 Å². The molecule has 0 aliphatic rings. The lowest BCUT2D eigenvalue weighted by atomic mass is 10.2. The van der Waals surface area contributed by atoms with Gasteiger partial charge in [0, 0.05) is 12.1 Å². The summed E-state index contributed by atoms with van der Waals surface area (Å²) < 4.78 is 0.982. The monoisotopic (exact) mass is 319 g/mol. The molecule has 3 nitrogen and oxygen atoms in total. The molecule has 0 aliphatic carbocycles. The second kappa shape index (κ2) is 6.66. The number of halogens is 1. The van der Waals surface area contributed by atoms with E-state index in [1.165, 1.54) is 0 Å². The number of nitrogens with one attached hydrogen (secondary N) is 1. The van der Waals surface area contributed by atoms with Crippen molar-refractivity contribution in [1.82, 2.24) is 9.97 Å². The van der Waals surface area contributed by atoms with Crippen LogP contribution in [0.2, 0.25) is 0 Å². The molecule has 0 saturated carbocycles. The zero-order chi connectivity index (χ0) is 13.7. The molecule has 4 heteroatoms. The maximum atomic E-state index is 4.68. The molecule has 0 bridgehead atoms. The Morgan fingerprint density at radius 1 is 1.11 bits per heavy atom. The van der Waals surface area contributed by atoms with Crippen LogP contribution in [0.4, 0.5) is 5.82 Å². The van der Waals surface area contributed by atoms with E-state index in [4.69, 9.17) is 0 Å². The average Bonchev–Trinajstić information content (AvgIpc) is 2.44. The Morgan fingerprint density at radius 2 is 1.84 bits per heavy atom. The van der Waals surface area contributed by atoms with Gasteiger partial charge in [-0.2, -0.15) is 0 Å². The van der Waals surface area contributed by atoms with E-state index in [0.29, 0.717) is 0 Å². The molecule has 2 rings (SSSR count). The highest BCUT2D eigenvalue weighted by atomic mass is 79.9. The second-order valence-corrected chi connectivity index (χ2v) is 5.10. The van der Waals surface area contributed by atoms with Crippen LogP contribution in [0.5, 0.6) is 0 Å². The van der Waals surface area contributed by atoms with Crippen LogP contribution in [0.25, 0.3) is 11.4 Å². The summed E-state index contributed by atoms with van der Waals surface area (Å²) in [5.74, 6) is 1.66. The molecule has 100 valence electrons. The fourth-order valence-electron chi connectivity index (χ4n) is 1.90. The zero-order valence-corrected chi connectivity index (χ0v) is 12.9. The Hall–Kier alpha value is -1.42.